The van der Waals surface area contributed by atoms with Gasteiger partial charge in [-0.25, -0.2) is 8.78 Å². The first-order valence-corrected chi connectivity index (χ1v) is 9.46. The number of thioether (sulfide) groups is 1. The third-order valence-electron chi connectivity index (χ3n) is 3.28. The molecule has 2 aromatic carbocycles. The van der Waals surface area contributed by atoms with Crippen molar-refractivity contribution in [2.75, 3.05) is 23.5 Å². The second kappa shape index (κ2) is 8.78. The highest BCUT2D eigenvalue weighted by molar-refractivity contribution is 8.01. The van der Waals surface area contributed by atoms with Crippen molar-refractivity contribution in [1.82, 2.24) is 10.2 Å². The highest BCUT2D eigenvalue weighted by Crippen LogP contribution is 2.29. The summed E-state index contributed by atoms with van der Waals surface area (Å²) in [6.07, 6.45) is 0. The molecule has 0 aliphatic carbocycles. The van der Waals surface area contributed by atoms with Gasteiger partial charge in [0, 0.05) is 11.8 Å². The zero-order valence-corrected chi connectivity index (χ0v) is 15.7. The van der Waals surface area contributed by atoms with Crippen molar-refractivity contribution >= 4 is 45.5 Å². The minimum Gasteiger partial charge on any atom is -0.497 e. The molecule has 0 saturated carbocycles. The minimum absolute atomic E-state index is 0.0540. The van der Waals surface area contributed by atoms with Gasteiger partial charge in [0.1, 0.15) is 23.1 Å². The first kappa shape index (κ1) is 19.1. The van der Waals surface area contributed by atoms with Gasteiger partial charge in [-0.1, -0.05) is 35.2 Å². The molecular weight excluding hydrogens is 394 g/mol. The number of methoxy groups -OCH3 is 1. The van der Waals surface area contributed by atoms with Crippen LogP contribution in [0.3, 0.4) is 0 Å². The summed E-state index contributed by atoms with van der Waals surface area (Å²) >= 11 is 2.38. The molecule has 0 aliphatic rings. The van der Waals surface area contributed by atoms with Gasteiger partial charge in [0.05, 0.1) is 12.9 Å². The van der Waals surface area contributed by atoms with Crippen LogP contribution >= 0.6 is 23.1 Å². The molecule has 0 aliphatic heterocycles. The summed E-state index contributed by atoms with van der Waals surface area (Å²) in [6, 6.07) is 10.7. The van der Waals surface area contributed by atoms with Crippen LogP contribution in [-0.4, -0.2) is 29.0 Å². The Hall–Kier alpha value is -2.72. The lowest BCUT2D eigenvalue weighted by atomic mass is 10.3. The Bertz CT molecular complexity index is 932. The Morgan fingerprint density at radius 1 is 1.19 bits per heavy atom. The number of carbonyl (C=O) groups excluding carboxylic acids is 1. The number of nitrogens with zero attached hydrogens (tertiary/aromatic N) is 2. The van der Waals surface area contributed by atoms with E-state index < -0.39 is 23.2 Å². The number of para-hydroxylation sites is 1. The molecule has 6 nitrogen and oxygen atoms in total. The molecule has 3 aromatic rings. The summed E-state index contributed by atoms with van der Waals surface area (Å²) in [6.45, 7) is 0. The summed E-state index contributed by atoms with van der Waals surface area (Å²) in [5.41, 5.74) is 0.329. The lowest BCUT2D eigenvalue weighted by Crippen LogP contribution is -2.16. The van der Waals surface area contributed by atoms with E-state index in [1.807, 2.05) is 24.3 Å². The summed E-state index contributed by atoms with van der Waals surface area (Å²) in [4.78, 5) is 11.9. The van der Waals surface area contributed by atoms with Crippen LogP contribution in [-0.2, 0) is 4.79 Å². The summed E-state index contributed by atoms with van der Waals surface area (Å²) < 4.78 is 32.8. The van der Waals surface area contributed by atoms with Crippen LogP contribution in [0.5, 0.6) is 5.75 Å². The van der Waals surface area contributed by atoms with Crippen molar-refractivity contribution in [2.24, 2.45) is 0 Å². The second-order valence-electron chi connectivity index (χ2n) is 5.16. The number of benzene rings is 2. The number of amides is 1. The van der Waals surface area contributed by atoms with E-state index in [1.165, 1.54) is 17.4 Å². The molecule has 3 rings (SSSR count). The van der Waals surface area contributed by atoms with E-state index in [4.69, 9.17) is 4.74 Å². The topological polar surface area (TPSA) is 76.1 Å². The van der Waals surface area contributed by atoms with E-state index in [2.05, 4.69) is 20.8 Å². The number of rotatable bonds is 7. The maximum atomic E-state index is 13.5. The van der Waals surface area contributed by atoms with E-state index >= 15 is 0 Å². The minimum atomic E-state index is -0.825. The van der Waals surface area contributed by atoms with Crippen molar-refractivity contribution in [2.45, 2.75) is 4.34 Å². The normalized spacial score (nSPS) is 10.5. The van der Waals surface area contributed by atoms with Gasteiger partial charge in [-0.05, 0) is 24.3 Å². The first-order chi connectivity index (χ1) is 13.0. The highest BCUT2D eigenvalue weighted by atomic mass is 32.2. The largest absolute Gasteiger partial charge is 0.497 e. The number of anilines is 3. The third kappa shape index (κ3) is 5.14. The van der Waals surface area contributed by atoms with Crippen LogP contribution in [0.2, 0.25) is 0 Å². The predicted octanol–water partition coefficient (Wildman–Crippen LogP) is 4.30. The average Bonchev–Trinajstić information content (AvgIpc) is 3.10. The zero-order valence-electron chi connectivity index (χ0n) is 14.0. The van der Waals surface area contributed by atoms with Crippen molar-refractivity contribution in [3.63, 3.8) is 0 Å². The molecule has 1 amide bonds. The SMILES string of the molecule is COc1cccc(Nc2nnc(SCC(=O)Nc3c(F)cccc3F)s2)c1. The van der Waals surface area contributed by atoms with Crippen LogP contribution in [0, 0.1) is 11.6 Å². The molecule has 0 radical (unpaired) electrons. The van der Waals surface area contributed by atoms with Gasteiger partial charge >= 0.3 is 0 Å². The van der Waals surface area contributed by atoms with Gasteiger partial charge in [-0.3, -0.25) is 4.79 Å². The quantitative estimate of drug-likeness (QED) is 0.568. The molecule has 1 heterocycles. The van der Waals surface area contributed by atoms with Crippen LogP contribution < -0.4 is 15.4 Å². The maximum Gasteiger partial charge on any atom is 0.234 e. The van der Waals surface area contributed by atoms with E-state index in [0.29, 0.717) is 15.2 Å². The molecule has 0 spiro atoms. The number of hydrogen-bond donors (Lipinski definition) is 2. The summed E-state index contributed by atoms with van der Waals surface area (Å²) in [5, 5.41) is 13.8. The van der Waals surface area contributed by atoms with Crippen molar-refractivity contribution in [3.05, 3.63) is 54.1 Å². The molecule has 0 unspecified atom stereocenters. The fourth-order valence-corrected chi connectivity index (χ4v) is 3.64. The Labute approximate surface area is 162 Å². The van der Waals surface area contributed by atoms with Gasteiger partial charge in [-0.2, -0.15) is 0 Å². The summed E-state index contributed by atoms with van der Waals surface area (Å²) in [7, 11) is 1.58. The fourth-order valence-electron chi connectivity index (χ4n) is 2.06. The number of carbonyl (C=O) groups is 1. The van der Waals surface area contributed by atoms with E-state index in [9.17, 15) is 13.6 Å². The van der Waals surface area contributed by atoms with Gasteiger partial charge < -0.3 is 15.4 Å². The standard InChI is InChI=1S/C17H14F2N4O2S2/c1-25-11-5-2-4-10(8-11)20-16-22-23-17(27-16)26-9-14(24)21-15-12(18)6-3-7-13(15)19/h2-8H,9H2,1H3,(H,20,22)(H,21,24). The van der Waals surface area contributed by atoms with E-state index in [-0.39, 0.29) is 5.75 Å². The van der Waals surface area contributed by atoms with Gasteiger partial charge in [-0.15, -0.1) is 10.2 Å². The molecule has 0 bridgehead atoms. The maximum absolute atomic E-state index is 13.5. The highest BCUT2D eigenvalue weighted by Gasteiger charge is 2.13. The molecule has 1 aromatic heterocycles. The predicted molar refractivity (Wildman–Crippen MR) is 102 cm³/mol. The fraction of sp³-hybridized carbons (Fsp3) is 0.118. The smallest absolute Gasteiger partial charge is 0.234 e. The molecule has 0 atom stereocenters. The third-order valence-corrected chi connectivity index (χ3v) is 5.25. The lowest BCUT2D eigenvalue weighted by Gasteiger charge is -2.06. The molecule has 2 N–H and O–H groups in total. The van der Waals surface area contributed by atoms with Crippen molar-refractivity contribution < 1.29 is 18.3 Å². The molecule has 10 heteroatoms. The Morgan fingerprint density at radius 2 is 1.93 bits per heavy atom. The number of ether oxygens (including phenoxy) is 1. The van der Waals surface area contributed by atoms with Crippen LogP contribution in [0.25, 0.3) is 0 Å². The zero-order chi connectivity index (χ0) is 19.2. The number of aromatic nitrogens is 2. The Balaban J connectivity index is 1.55. The number of nitrogens with one attached hydrogen (secondary N) is 2. The second-order valence-corrected chi connectivity index (χ2v) is 7.36. The number of hydrogen-bond acceptors (Lipinski definition) is 7. The van der Waals surface area contributed by atoms with Gasteiger partial charge in [0.25, 0.3) is 0 Å². The monoisotopic (exact) mass is 408 g/mol. The molecule has 27 heavy (non-hydrogen) atoms. The Kier molecular flexibility index (Phi) is 6.20. The van der Waals surface area contributed by atoms with Crippen LogP contribution in [0.4, 0.5) is 25.3 Å². The Morgan fingerprint density at radius 3 is 2.67 bits per heavy atom. The van der Waals surface area contributed by atoms with E-state index in [0.717, 1.165) is 29.6 Å². The van der Waals surface area contributed by atoms with Crippen LogP contribution in [0.1, 0.15) is 0 Å². The van der Waals surface area contributed by atoms with Crippen molar-refractivity contribution in [1.29, 1.82) is 0 Å². The lowest BCUT2D eigenvalue weighted by molar-refractivity contribution is -0.113. The molecule has 0 fully saturated rings. The number of halogens is 2. The average molecular weight is 408 g/mol. The molecule has 0 saturated heterocycles. The molecular formula is C17H14F2N4O2S2. The first-order valence-electron chi connectivity index (χ1n) is 7.66. The van der Waals surface area contributed by atoms with Gasteiger partial charge in [0.15, 0.2) is 4.34 Å². The molecule has 140 valence electrons. The van der Waals surface area contributed by atoms with Crippen molar-refractivity contribution in [3.8, 4) is 5.75 Å². The summed E-state index contributed by atoms with van der Waals surface area (Å²) in [5.74, 6) is -1.54. The van der Waals surface area contributed by atoms with Crippen LogP contribution in [0.15, 0.2) is 46.8 Å². The van der Waals surface area contributed by atoms with E-state index in [1.54, 1.807) is 7.11 Å². The van der Waals surface area contributed by atoms with Gasteiger partial charge in [0.2, 0.25) is 11.0 Å².